The van der Waals surface area contributed by atoms with E-state index in [0.717, 1.165) is 0 Å². The Morgan fingerprint density at radius 3 is 2.39 bits per heavy atom. The van der Waals surface area contributed by atoms with Gasteiger partial charge in [-0.05, 0) is 25.1 Å². The van der Waals surface area contributed by atoms with Crippen LogP contribution in [0.25, 0.3) is 0 Å². The normalized spacial score (nSPS) is 10.5. The third-order valence-corrected chi connectivity index (χ3v) is 3.48. The smallest absolute Gasteiger partial charge is 0.315 e. The molecule has 0 radical (unpaired) electrons. The van der Waals surface area contributed by atoms with Gasteiger partial charge in [-0.25, -0.2) is 5.43 Å². The van der Waals surface area contributed by atoms with Crippen LogP contribution >= 0.6 is 0 Å². The van der Waals surface area contributed by atoms with Crippen molar-refractivity contribution in [1.29, 1.82) is 0 Å². The lowest BCUT2D eigenvalue weighted by Crippen LogP contribution is -2.17. The number of ether oxygens (including phenoxy) is 2. The molecule has 0 unspecified atom stereocenters. The van der Waals surface area contributed by atoms with Gasteiger partial charge in [-0.2, -0.15) is 5.10 Å². The quantitative estimate of drug-likeness (QED) is 0.415. The zero-order valence-corrected chi connectivity index (χ0v) is 14.9. The van der Waals surface area contributed by atoms with Crippen molar-refractivity contribution in [3.8, 4) is 11.5 Å². The molecule has 146 valence electrons. The fourth-order valence-electron chi connectivity index (χ4n) is 2.25. The number of nitrogens with zero attached hydrogens (tertiary/aromatic N) is 3. The lowest BCUT2D eigenvalue weighted by Gasteiger charge is -2.10. The summed E-state index contributed by atoms with van der Waals surface area (Å²) >= 11 is 0. The fourth-order valence-corrected chi connectivity index (χ4v) is 2.25. The number of rotatable bonds is 8. The van der Waals surface area contributed by atoms with Crippen LogP contribution in [-0.4, -0.2) is 35.7 Å². The molecular formula is C17H16N4O7. The van der Waals surface area contributed by atoms with Gasteiger partial charge in [-0.1, -0.05) is 0 Å². The Morgan fingerprint density at radius 2 is 1.86 bits per heavy atom. The lowest BCUT2D eigenvalue weighted by atomic mass is 10.2. The van der Waals surface area contributed by atoms with Crippen LogP contribution in [0, 0.1) is 20.2 Å². The van der Waals surface area contributed by atoms with Crippen LogP contribution in [0.15, 0.2) is 41.5 Å². The molecule has 0 aliphatic carbocycles. The van der Waals surface area contributed by atoms with E-state index in [2.05, 4.69) is 10.5 Å². The van der Waals surface area contributed by atoms with Crippen molar-refractivity contribution in [3.05, 3.63) is 67.8 Å². The second-order valence-corrected chi connectivity index (χ2v) is 5.26. The predicted octanol–water partition coefficient (Wildman–Crippen LogP) is 2.67. The summed E-state index contributed by atoms with van der Waals surface area (Å²) in [5, 5.41) is 25.6. The average molecular weight is 388 g/mol. The molecule has 1 amide bonds. The van der Waals surface area contributed by atoms with Crippen LogP contribution in [0.4, 0.5) is 11.4 Å². The van der Waals surface area contributed by atoms with Crippen LogP contribution in [0.3, 0.4) is 0 Å². The number of carbonyl (C=O) groups is 1. The SMILES string of the molecule is CCOc1cc(/C=N/NC(=O)c2ccc([N+](=O)[O-])cc2)cc([N+](=O)[O-])c1OC. The summed E-state index contributed by atoms with van der Waals surface area (Å²) in [4.78, 5) is 32.7. The van der Waals surface area contributed by atoms with E-state index in [1.165, 1.54) is 49.7 Å². The first-order chi connectivity index (χ1) is 13.4. The molecule has 0 saturated heterocycles. The standard InChI is InChI=1S/C17H16N4O7/c1-3-28-15-9-11(8-14(21(25)26)16(15)27-2)10-18-19-17(22)12-4-6-13(7-5-12)20(23)24/h4-10H,3H2,1-2H3,(H,19,22)/b18-10+. The highest BCUT2D eigenvalue weighted by Gasteiger charge is 2.21. The maximum atomic E-state index is 12.0. The number of carbonyl (C=O) groups excluding carboxylic acids is 1. The molecule has 2 aromatic carbocycles. The van der Waals surface area contributed by atoms with E-state index in [4.69, 9.17) is 9.47 Å². The first kappa shape index (κ1) is 20.3. The molecule has 0 aliphatic heterocycles. The van der Waals surface area contributed by atoms with E-state index in [0.29, 0.717) is 5.56 Å². The third kappa shape index (κ3) is 4.78. The number of hydrazone groups is 1. The highest BCUT2D eigenvalue weighted by Crippen LogP contribution is 2.37. The number of benzene rings is 2. The van der Waals surface area contributed by atoms with Gasteiger partial charge in [0.15, 0.2) is 5.75 Å². The van der Waals surface area contributed by atoms with E-state index >= 15 is 0 Å². The van der Waals surface area contributed by atoms with E-state index in [1.807, 2.05) is 0 Å². The number of hydrogen-bond donors (Lipinski definition) is 1. The highest BCUT2D eigenvalue weighted by atomic mass is 16.6. The molecule has 11 heteroatoms. The second-order valence-electron chi connectivity index (χ2n) is 5.26. The van der Waals surface area contributed by atoms with E-state index < -0.39 is 15.8 Å². The Labute approximate surface area is 158 Å². The number of hydrogen-bond acceptors (Lipinski definition) is 8. The maximum absolute atomic E-state index is 12.0. The Morgan fingerprint density at radius 1 is 1.18 bits per heavy atom. The number of nitro groups is 2. The molecule has 1 N–H and O–H groups in total. The summed E-state index contributed by atoms with van der Waals surface area (Å²) in [6.45, 7) is 1.99. The predicted molar refractivity (Wildman–Crippen MR) is 99.0 cm³/mol. The molecule has 0 aliphatic rings. The van der Waals surface area contributed by atoms with Crippen molar-refractivity contribution in [3.63, 3.8) is 0 Å². The molecular weight excluding hydrogens is 372 g/mol. The summed E-state index contributed by atoms with van der Waals surface area (Å²) in [6.07, 6.45) is 1.21. The van der Waals surface area contributed by atoms with Gasteiger partial charge in [0.1, 0.15) is 0 Å². The zero-order chi connectivity index (χ0) is 20.7. The molecule has 2 rings (SSSR count). The minimum absolute atomic E-state index is 0.0149. The van der Waals surface area contributed by atoms with E-state index in [9.17, 15) is 25.0 Å². The fraction of sp³-hybridized carbons (Fsp3) is 0.176. The molecule has 0 bridgehead atoms. The van der Waals surface area contributed by atoms with E-state index in [1.54, 1.807) is 6.92 Å². The van der Waals surface area contributed by atoms with Crippen molar-refractivity contribution in [2.45, 2.75) is 6.92 Å². The summed E-state index contributed by atoms with van der Waals surface area (Å²) in [5.41, 5.74) is 2.26. The number of methoxy groups -OCH3 is 1. The number of amides is 1. The van der Waals surface area contributed by atoms with Gasteiger partial charge in [-0.15, -0.1) is 0 Å². The van der Waals surface area contributed by atoms with Crippen molar-refractivity contribution in [2.24, 2.45) is 5.10 Å². The average Bonchev–Trinajstić information content (AvgIpc) is 2.67. The minimum atomic E-state index is -0.617. The van der Waals surface area contributed by atoms with Gasteiger partial charge in [0.05, 0.1) is 29.8 Å². The Bertz CT molecular complexity index is 926. The minimum Gasteiger partial charge on any atom is -0.490 e. The lowest BCUT2D eigenvalue weighted by molar-refractivity contribution is -0.385. The van der Waals surface area contributed by atoms with Gasteiger partial charge in [0, 0.05) is 29.3 Å². The number of non-ortho nitro benzene ring substituents is 1. The molecule has 0 atom stereocenters. The highest BCUT2D eigenvalue weighted by molar-refractivity contribution is 5.95. The largest absolute Gasteiger partial charge is 0.490 e. The summed E-state index contributed by atoms with van der Waals surface area (Å²) in [6, 6.07) is 7.67. The topological polar surface area (TPSA) is 146 Å². The van der Waals surface area contributed by atoms with Crippen molar-refractivity contribution in [1.82, 2.24) is 5.43 Å². The molecule has 11 nitrogen and oxygen atoms in total. The number of nitrogens with one attached hydrogen (secondary N) is 1. The van der Waals surface area contributed by atoms with Gasteiger partial charge >= 0.3 is 5.69 Å². The van der Waals surface area contributed by atoms with Crippen molar-refractivity contribution < 1.29 is 24.1 Å². The molecule has 0 heterocycles. The van der Waals surface area contributed by atoms with Gasteiger partial charge < -0.3 is 9.47 Å². The maximum Gasteiger partial charge on any atom is 0.315 e. The Hall–Kier alpha value is -4.02. The third-order valence-electron chi connectivity index (χ3n) is 3.48. The van der Waals surface area contributed by atoms with E-state index in [-0.39, 0.29) is 35.0 Å². The van der Waals surface area contributed by atoms with Crippen LogP contribution in [0.5, 0.6) is 11.5 Å². The molecule has 2 aromatic rings. The van der Waals surface area contributed by atoms with Crippen molar-refractivity contribution >= 4 is 23.5 Å². The first-order valence-electron chi connectivity index (χ1n) is 7.94. The zero-order valence-electron chi connectivity index (χ0n) is 14.9. The van der Waals surface area contributed by atoms with Crippen LogP contribution in [0.2, 0.25) is 0 Å². The second kappa shape index (κ2) is 9.07. The van der Waals surface area contributed by atoms with Crippen LogP contribution in [-0.2, 0) is 0 Å². The molecule has 0 aromatic heterocycles. The monoisotopic (exact) mass is 388 g/mol. The van der Waals surface area contributed by atoms with Crippen molar-refractivity contribution in [2.75, 3.05) is 13.7 Å². The molecule has 0 spiro atoms. The molecule has 0 saturated carbocycles. The molecule has 0 fully saturated rings. The summed E-state index contributed by atoms with van der Waals surface area (Å²) in [5.74, 6) is -0.444. The van der Waals surface area contributed by atoms with Crippen LogP contribution in [0.1, 0.15) is 22.8 Å². The summed E-state index contributed by atoms with van der Waals surface area (Å²) in [7, 11) is 1.29. The first-order valence-corrected chi connectivity index (χ1v) is 7.94. The molecule has 28 heavy (non-hydrogen) atoms. The Kier molecular flexibility index (Phi) is 6.58. The summed E-state index contributed by atoms with van der Waals surface area (Å²) < 4.78 is 10.4. The Balaban J connectivity index is 2.19. The number of nitro benzene ring substituents is 2. The van der Waals surface area contributed by atoms with Gasteiger partial charge in [0.25, 0.3) is 11.6 Å². The van der Waals surface area contributed by atoms with Crippen LogP contribution < -0.4 is 14.9 Å². The van der Waals surface area contributed by atoms with Gasteiger partial charge in [0.2, 0.25) is 5.75 Å². The van der Waals surface area contributed by atoms with Gasteiger partial charge in [-0.3, -0.25) is 25.0 Å².